The number of ether oxygens (including phenoxy) is 2. The van der Waals surface area contributed by atoms with E-state index in [0.29, 0.717) is 0 Å². The summed E-state index contributed by atoms with van der Waals surface area (Å²) in [6.45, 7) is 0. The van der Waals surface area contributed by atoms with Crippen LogP contribution in [-0.2, 0) is 11.8 Å². The minimum atomic E-state index is -0.559. The average Bonchev–Trinajstić information content (AvgIpc) is 2.85. The molecular formula is C8H7ClN4O3S. The van der Waals surface area contributed by atoms with E-state index < -0.39 is 5.97 Å². The van der Waals surface area contributed by atoms with Gasteiger partial charge in [0.15, 0.2) is 10.0 Å². The average molecular weight is 275 g/mol. The third-order valence-corrected chi connectivity index (χ3v) is 2.99. The number of rotatable bonds is 3. The fourth-order valence-corrected chi connectivity index (χ4v) is 2.03. The first-order valence-corrected chi connectivity index (χ1v) is 5.57. The molecule has 0 bridgehead atoms. The van der Waals surface area contributed by atoms with Crippen LogP contribution in [0, 0.1) is 0 Å². The number of thiazole rings is 1. The Kier molecular flexibility index (Phi) is 3.25. The third kappa shape index (κ3) is 2.53. The zero-order valence-corrected chi connectivity index (χ0v) is 10.4. The van der Waals surface area contributed by atoms with Gasteiger partial charge in [-0.1, -0.05) is 22.9 Å². The zero-order chi connectivity index (χ0) is 12.4. The van der Waals surface area contributed by atoms with Gasteiger partial charge < -0.3 is 9.47 Å². The number of aromatic nitrogens is 4. The number of esters is 1. The molecule has 0 fully saturated rings. The molecule has 0 aliphatic heterocycles. The van der Waals surface area contributed by atoms with E-state index in [1.165, 1.54) is 18.1 Å². The SMILES string of the molecule is COC(=O)c1sc(Oc2ncn(C)n2)nc1Cl. The highest BCUT2D eigenvalue weighted by Crippen LogP contribution is 2.31. The quantitative estimate of drug-likeness (QED) is 0.789. The molecule has 17 heavy (non-hydrogen) atoms. The summed E-state index contributed by atoms with van der Waals surface area (Å²) in [5.41, 5.74) is 0. The van der Waals surface area contributed by atoms with Crippen molar-refractivity contribution in [3.63, 3.8) is 0 Å². The Balaban J connectivity index is 2.20. The second-order valence-electron chi connectivity index (χ2n) is 2.89. The Morgan fingerprint density at radius 1 is 1.59 bits per heavy atom. The Morgan fingerprint density at radius 2 is 2.35 bits per heavy atom. The van der Waals surface area contributed by atoms with E-state index in [4.69, 9.17) is 16.3 Å². The number of nitrogens with zero attached hydrogens (tertiary/aromatic N) is 4. The lowest BCUT2D eigenvalue weighted by atomic mass is 10.6. The summed E-state index contributed by atoms with van der Waals surface area (Å²) in [5, 5.41) is 4.12. The second kappa shape index (κ2) is 4.68. The summed E-state index contributed by atoms with van der Waals surface area (Å²) in [6, 6.07) is 0.134. The van der Waals surface area contributed by atoms with Gasteiger partial charge in [-0.15, -0.1) is 5.10 Å². The van der Waals surface area contributed by atoms with Crippen LogP contribution in [-0.4, -0.2) is 32.8 Å². The summed E-state index contributed by atoms with van der Waals surface area (Å²) in [6.07, 6.45) is 1.48. The van der Waals surface area contributed by atoms with Crippen molar-refractivity contribution in [2.45, 2.75) is 0 Å². The number of carbonyl (C=O) groups is 1. The zero-order valence-electron chi connectivity index (χ0n) is 8.88. The Hall–Kier alpha value is -1.67. The van der Waals surface area contributed by atoms with Crippen molar-refractivity contribution in [1.29, 1.82) is 0 Å². The normalized spacial score (nSPS) is 10.3. The molecule has 2 heterocycles. The number of carbonyl (C=O) groups excluding carboxylic acids is 1. The van der Waals surface area contributed by atoms with Crippen molar-refractivity contribution >= 4 is 28.9 Å². The predicted octanol–water partition coefficient (Wildman–Crippen LogP) is 1.50. The van der Waals surface area contributed by atoms with Crippen LogP contribution in [0.25, 0.3) is 0 Å². The van der Waals surface area contributed by atoms with Gasteiger partial charge in [-0.05, 0) is 0 Å². The van der Waals surface area contributed by atoms with Crippen LogP contribution in [0.4, 0.5) is 0 Å². The smallest absolute Gasteiger partial charge is 0.351 e. The lowest BCUT2D eigenvalue weighted by Crippen LogP contribution is -1.98. The van der Waals surface area contributed by atoms with Crippen molar-refractivity contribution in [2.24, 2.45) is 7.05 Å². The van der Waals surface area contributed by atoms with Gasteiger partial charge in [-0.25, -0.2) is 4.79 Å². The molecular weight excluding hydrogens is 268 g/mol. The molecule has 0 aliphatic carbocycles. The fraction of sp³-hybridized carbons (Fsp3) is 0.250. The molecule has 0 saturated carbocycles. The van der Waals surface area contributed by atoms with E-state index in [1.54, 1.807) is 7.05 Å². The third-order valence-electron chi connectivity index (χ3n) is 1.69. The van der Waals surface area contributed by atoms with Crippen LogP contribution in [0.3, 0.4) is 0 Å². The van der Waals surface area contributed by atoms with Crippen LogP contribution in [0.1, 0.15) is 9.67 Å². The maximum absolute atomic E-state index is 11.3. The fourth-order valence-electron chi connectivity index (χ4n) is 0.990. The van der Waals surface area contributed by atoms with Gasteiger partial charge in [0.05, 0.1) is 7.11 Å². The summed E-state index contributed by atoms with van der Waals surface area (Å²) in [4.78, 5) is 19.2. The molecule has 2 aromatic heterocycles. The minimum absolute atomic E-state index is 0.0350. The monoisotopic (exact) mass is 274 g/mol. The topological polar surface area (TPSA) is 79.1 Å². The lowest BCUT2D eigenvalue weighted by Gasteiger charge is -1.93. The molecule has 2 aromatic rings. The summed E-state index contributed by atoms with van der Waals surface area (Å²) in [7, 11) is 2.97. The van der Waals surface area contributed by atoms with Crippen LogP contribution in [0.2, 0.25) is 5.15 Å². The maximum atomic E-state index is 11.3. The Labute approximate surface area is 105 Å². The number of methoxy groups -OCH3 is 1. The van der Waals surface area contributed by atoms with E-state index >= 15 is 0 Å². The van der Waals surface area contributed by atoms with Gasteiger partial charge >= 0.3 is 12.0 Å². The number of hydrogen-bond donors (Lipinski definition) is 0. The molecule has 0 radical (unpaired) electrons. The molecule has 0 atom stereocenters. The molecule has 2 rings (SSSR count). The van der Waals surface area contributed by atoms with Crippen LogP contribution in [0.5, 0.6) is 11.2 Å². The van der Waals surface area contributed by atoms with E-state index in [0.717, 1.165) is 11.3 Å². The van der Waals surface area contributed by atoms with Gasteiger partial charge in [-0.2, -0.15) is 9.97 Å². The van der Waals surface area contributed by atoms with Crippen molar-refractivity contribution < 1.29 is 14.3 Å². The molecule has 0 spiro atoms. The van der Waals surface area contributed by atoms with Crippen molar-refractivity contribution in [1.82, 2.24) is 19.7 Å². The van der Waals surface area contributed by atoms with Gasteiger partial charge in [0, 0.05) is 7.05 Å². The molecule has 0 aromatic carbocycles. The van der Waals surface area contributed by atoms with E-state index in [-0.39, 0.29) is 21.2 Å². The molecule has 0 amide bonds. The van der Waals surface area contributed by atoms with E-state index in [2.05, 4.69) is 19.8 Å². The van der Waals surface area contributed by atoms with Crippen LogP contribution in [0.15, 0.2) is 6.33 Å². The molecule has 0 N–H and O–H groups in total. The van der Waals surface area contributed by atoms with Crippen molar-refractivity contribution in [2.75, 3.05) is 7.11 Å². The highest BCUT2D eigenvalue weighted by molar-refractivity contribution is 7.15. The molecule has 9 heteroatoms. The largest absolute Gasteiger partial charge is 0.465 e. The van der Waals surface area contributed by atoms with Crippen molar-refractivity contribution in [3.8, 4) is 11.2 Å². The van der Waals surface area contributed by atoms with Crippen LogP contribution >= 0.6 is 22.9 Å². The van der Waals surface area contributed by atoms with Crippen LogP contribution < -0.4 is 4.74 Å². The first kappa shape index (κ1) is 11.8. The minimum Gasteiger partial charge on any atom is -0.465 e. The van der Waals surface area contributed by atoms with Gasteiger partial charge in [0.1, 0.15) is 6.33 Å². The summed E-state index contributed by atoms with van der Waals surface area (Å²) < 4.78 is 11.2. The lowest BCUT2D eigenvalue weighted by molar-refractivity contribution is 0.0606. The predicted molar refractivity (Wildman–Crippen MR) is 59.5 cm³/mol. The first-order chi connectivity index (χ1) is 8.10. The van der Waals surface area contributed by atoms with Gasteiger partial charge in [0.2, 0.25) is 0 Å². The summed E-state index contributed by atoms with van der Waals surface area (Å²) in [5.74, 6) is -0.559. The van der Waals surface area contributed by atoms with Gasteiger partial charge in [-0.3, -0.25) is 4.68 Å². The number of hydrogen-bond acceptors (Lipinski definition) is 7. The highest BCUT2D eigenvalue weighted by atomic mass is 35.5. The standard InChI is InChI=1S/C8H7ClN4O3S/c1-13-3-10-7(12-13)16-8-11-5(9)4(17-8)6(14)15-2/h3H,1-2H3. The van der Waals surface area contributed by atoms with E-state index in [1.807, 2.05) is 0 Å². The summed E-state index contributed by atoms with van der Waals surface area (Å²) >= 11 is 6.73. The van der Waals surface area contributed by atoms with Gasteiger partial charge in [0.25, 0.3) is 5.19 Å². The molecule has 0 aliphatic rings. The second-order valence-corrected chi connectivity index (χ2v) is 4.21. The molecule has 7 nitrogen and oxygen atoms in total. The van der Waals surface area contributed by atoms with Crippen molar-refractivity contribution in [3.05, 3.63) is 16.4 Å². The van der Waals surface area contributed by atoms with E-state index in [9.17, 15) is 4.79 Å². The Bertz CT molecular complexity index is 553. The maximum Gasteiger partial charge on any atom is 0.351 e. The first-order valence-electron chi connectivity index (χ1n) is 4.38. The molecule has 90 valence electrons. The molecule has 0 saturated heterocycles. The highest BCUT2D eigenvalue weighted by Gasteiger charge is 2.19. The molecule has 0 unspecified atom stereocenters. The number of aryl methyl sites for hydroxylation is 1. The number of halogens is 1. The Morgan fingerprint density at radius 3 is 2.94 bits per heavy atom.